The van der Waals surface area contributed by atoms with Gasteiger partial charge in [0.2, 0.25) is 10.0 Å². The Balaban J connectivity index is 3.15. The number of hydrogen-bond donors (Lipinski definition) is 2. The molecule has 0 saturated carbocycles. The van der Waals surface area contributed by atoms with Gasteiger partial charge in [-0.25, -0.2) is 13.6 Å². The van der Waals surface area contributed by atoms with Gasteiger partial charge in [-0.3, -0.25) is 0 Å². The predicted octanol–water partition coefficient (Wildman–Crippen LogP) is 1.38. The molecule has 0 bridgehead atoms. The Kier molecular flexibility index (Phi) is 3.71. The molecule has 15 heavy (non-hydrogen) atoms. The molecule has 0 saturated heterocycles. The zero-order valence-corrected chi connectivity index (χ0v) is 9.42. The summed E-state index contributed by atoms with van der Waals surface area (Å²) in [4.78, 5) is 0.105. The molecule has 3 N–H and O–H groups in total. The van der Waals surface area contributed by atoms with Crippen molar-refractivity contribution < 1.29 is 13.5 Å². The van der Waals surface area contributed by atoms with Crippen molar-refractivity contribution in [3.05, 3.63) is 23.8 Å². The van der Waals surface area contributed by atoms with E-state index in [1.807, 2.05) is 6.92 Å². The van der Waals surface area contributed by atoms with E-state index >= 15 is 0 Å². The Morgan fingerprint density at radius 2 is 2.07 bits per heavy atom. The molecule has 0 aliphatic rings. The van der Waals surface area contributed by atoms with Crippen molar-refractivity contribution in [1.29, 1.82) is 0 Å². The van der Waals surface area contributed by atoms with E-state index in [4.69, 9.17) is 5.14 Å². The number of nitrogens with two attached hydrogens (primary N) is 1. The number of rotatable bonds is 4. The summed E-state index contributed by atoms with van der Waals surface area (Å²) in [5, 5.41) is 14.3. The Morgan fingerprint density at radius 1 is 1.40 bits per heavy atom. The molecule has 84 valence electrons. The van der Waals surface area contributed by atoms with Gasteiger partial charge in [0.15, 0.2) is 0 Å². The highest BCUT2D eigenvalue weighted by Crippen LogP contribution is 2.21. The van der Waals surface area contributed by atoms with Crippen LogP contribution in [0.1, 0.15) is 25.3 Å². The first-order chi connectivity index (χ1) is 6.95. The van der Waals surface area contributed by atoms with Crippen LogP contribution in [0.3, 0.4) is 0 Å². The number of phenolic OH excluding ortho intramolecular Hbond substituents is 1. The molecule has 0 atom stereocenters. The maximum atomic E-state index is 11.2. The van der Waals surface area contributed by atoms with Crippen LogP contribution >= 0.6 is 0 Å². The van der Waals surface area contributed by atoms with Crippen LogP contribution in [0.25, 0.3) is 0 Å². The van der Waals surface area contributed by atoms with Crippen molar-refractivity contribution in [1.82, 2.24) is 0 Å². The van der Waals surface area contributed by atoms with Crippen LogP contribution in [-0.2, 0) is 16.4 Å². The number of sulfonamides is 1. The van der Waals surface area contributed by atoms with Crippen molar-refractivity contribution in [2.75, 3.05) is 0 Å². The van der Waals surface area contributed by atoms with Gasteiger partial charge in [-0.1, -0.05) is 13.3 Å². The monoisotopic (exact) mass is 229 g/mol. The van der Waals surface area contributed by atoms with E-state index in [0.717, 1.165) is 12.8 Å². The summed E-state index contributed by atoms with van der Waals surface area (Å²) in [6.07, 6.45) is 2.43. The summed E-state index contributed by atoms with van der Waals surface area (Å²) >= 11 is 0. The molecule has 0 radical (unpaired) electrons. The summed E-state index contributed by atoms with van der Waals surface area (Å²) in [6, 6.07) is 4.13. The molecular weight excluding hydrogens is 214 g/mol. The third-order valence-corrected chi connectivity index (χ3v) is 3.16. The van der Waals surface area contributed by atoms with Crippen molar-refractivity contribution in [2.45, 2.75) is 31.1 Å². The zero-order valence-electron chi connectivity index (χ0n) is 8.60. The van der Waals surface area contributed by atoms with Gasteiger partial charge < -0.3 is 5.11 Å². The van der Waals surface area contributed by atoms with Crippen LogP contribution < -0.4 is 5.14 Å². The van der Waals surface area contributed by atoms with Crippen LogP contribution in [0.4, 0.5) is 0 Å². The third-order valence-electron chi connectivity index (χ3n) is 2.15. The third kappa shape index (κ3) is 3.21. The lowest BCUT2D eigenvalue weighted by Crippen LogP contribution is -2.14. The van der Waals surface area contributed by atoms with E-state index in [0.29, 0.717) is 12.0 Å². The first-order valence-corrected chi connectivity index (χ1v) is 6.34. The number of aryl methyl sites for hydroxylation is 1. The van der Waals surface area contributed by atoms with E-state index in [9.17, 15) is 13.5 Å². The molecule has 0 heterocycles. The minimum Gasteiger partial charge on any atom is -0.508 e. The molecule has 0 aromatic heterocycles. The largest absolute Gasteiger partial charge is 0.508 e. The molecule has 1 rings (SSSR count). The summed E-state index contributed by atoms with van der Waals surface area (Å²) in [6.45, 7) is 2.01. The van der Waals surface area contributed by atoms with E-state index in [-0.39, 0.29) is 10.6 Å². The Morgan fingerprint density at radius 3 is 2.60 bits per heavy atom. The minimum absolute atomic E-state index is 0.0634. The van der Waals surface area contributed by atoms with Crippen LogP contribution in [0.2, 0.25) is 0 Å². The van der Waals surface area contributed by atoms with Gasteiger partial charge in [0.1, 0.15) is 5.75 Å². The quantitative estimate of drug-likeness (QED) is 0.818. The lowest BCUT2D eigenvalue weighted by Gasteiger charge is -2.07. The summed E-state index contributed by atoms with van der Waals surface area (Å²) < 4.78 is 22.4. The highest BCUT2D eigenvalue weighted by Gasteiger charge is 2.13. The molecule has 0 fully saturated rings. The Bertz CT molecular complexity index is 440. The molecule has 0 amide bonds. The van der Waals surface area contributed by atoms with E-state index in [1.54, 1.807) is 0 Å². The number of benzene rings is 1. The Hall–Kier alpha value is -1.07. The van der Waals surface area contributed by atoms with Gasteiger partial charge in [-0.05, 0) is 36.6 Å². The lowest BCUT2D eigenvalue weighted by atomic mass is 10.1. The van der Waals surface area contributed by atoms with Crippen LogP contribution in [0.15, 0.2) is 23.1 Å². The summed E-state index contributed by atoms with van der Waals surface area (Å²) in [5.41, 5.74) is 0.583. The second-order valence-electron chi connectivity index (χ2n) is 3.44. The number of phenols is 1. The van der Waals surface area contributed by atoms with Gasteiger partial charge in [0.25, 0.3) is 0 Å². The topological polar surface area (TPSA) is 80.4 Å². The maximum Gasteiger partial charge on any atom is 0.238 e. The van der Waals surface area contributed by atoms with Crippen molar-refractivity contribution in [2.24, 2.45) is 5.14 Å². The second kappa shape index (κ2) is 4.63. The average molecular weight is 229 g/mol. The standard InChI is InChI=1S/C10H15NO3S/c1-2-3-4-8-7-9(12)5-6-10(8)15(11,13)14/h5-7,12H,2-4H2,1H3,(H2,11,13,14). The molecule has 4 nitrogen and oxygen atoms in total. The smallest absolute Gasteiger partial charge is 0.238 e. The molecule has 0 aliphatic heterocycles. The zero-order chi connectivity index (χ0) is 11.5. The Labute approximate surface area is 89.8 Å². The fraction of sp³-hybridized carbons (Fsp3) is 0.400. The van der Waals surface area contributed by atoms with Gasteiger partial charge in [0.05, 0.1) is 4.90 Å². The predicted molar refractivity (Wildman–Crippen MR) is 58.1 cm³/mol. The number of primary sulfonamides is 1. The van der Waals surface area contributed by atoms with Crippen LogP contribution in [0, 0.1) is 0 Å². The molecule has 0 unspecified atom stereocenters. The van der Waals surface area contributed by atoms with Gasteiger partial charge in [-0.15, -0.1) is 0 Å². The van der Waals surface area contributed by atoms with E-state index < -0.39 is 10.0 Å². The highest BCUT2D eigenvalue weighted by molar-refractivity contribution is 7.89. The minimum atomic E-state index is -3.69. The number of aromatic hydroxyl groups is 1. The molecule has 5 heteroatoms. The summed E-state index contributed by atoms with van der Waals surface area (Å²) in [5.74, 6) is 0.0634. The van der Waals surface area contributed by atoms with Gasteiger partial charge in [-0.2, -0.15) is 0 Å². The highest BCUT2D eigenvalue weighted by atomic mass is 32.2. The normalized spacial score (nSPS) is 11.6. The molecule has 0 spiro atoms. The molecule has 1 aromatic rings. The fourth-order valence-corrected chi connectivity index (χ4v) is 2.19. The van der Waals surface area contributed by atoms with Crippen molar-refractivity contribution in [3.63, 3.8) is 0 Å². The maximum absolute atomic E-state index is 11.2. The van der Waals surface area contributed by atoms with E-state index in [1.165, 1.54) is 18.2 Å². The average Bonchev–Trinajstić information content (AvgIpc) is 2.12. The fourth-order valence-electron chi connectivity index (χ4n) is 1.41. The molecule has 0 aliphatic carbocycles. The number of hydrogen-bond acceptors (Lipinski definition) is 3. The first kappa shape index (κ1) is 12.0. The second-order valence-corrected chi connectivity index (χ2v) is 4.97. The van der Waals surface area contributed by atoms with Gasteiger partial charge >= 0.3 is 0 Å². The lowest BCUT2D eigenvalue weighted by molar-refractivity contribution is 0.473. The summed E-state index contributed by atoms with van der Waals surface area (Å²) in [7, 11) is -3.69. The van der Waals surface area contributed by atoms with Gasteiger partial charge in [0, 0.05) is 0 Å². The number of unbranched alkanes of at least 4 members (excludes halogenated alkanes) is 1. The molecule has 1 aromatic carbocycles. The van der Waals surface area contributed by atoms with Crippen LogP contribution in [-0.4, -0.2) is 13.5 Å². The molecular formula is C10H15NO3S. The van der Waals surface area contributed by atoms with E-state index in [2.05, 4.69) is 0 Å². The first-order valence-electron chi connectivity index (χ1n) is 4.80. The van der Waals surface area contributed by atoms with Crippen molar-refractivity contribution in [3.8, 4) is 5.75 Å². The van der Waals surface area contributed by atoms with Crippen molar-refractivity contribution >= 4 is 10.0 Å². The van der Waals surface area contributed by atoms with Crippen LogP contribution in [0.5, 0.6) is 5.75 Å². The SMILES string of the molecule is CCCCc1cc(O)ccc1S(N)(=O)=O.